The van der Waals surface area contributed by atoms with Crippen molar-refractivity contribution in [1.82, 2.24) is 0 Å². The fourth-order valence-corrected chi connectivity index (χ4v) is 1.80. The number of rotatable bonds is 4. The van der Waals surface area contributed by atoms with Crippen LogP contribution < -0.4 is 5.32 Å². The van der Waals surface area contributed by atoms with Crippen LogP contribution in [0.4, 0.5) is 10.5 Å². The highest BCUT2D eigenvalue weighted by molar-refractivity contribution is 8.13. The third-order valence-corrected chi connectivity index (χ3v) is 2.90. The molecule has 0 radical (unpaired) electrons. The largest absolute Gasteiger partial charge is 0.445 e. The Morgan fingerprint density at radius 2 is 2.16 bits per heavy atom. The first-order valence-corrected chi connectivity index (χ1v) is 7.00. The van der Waals surface area contributed by atoms with Crippen LogP contribution in [0.5, 0.6) is 0 Å². The summed E-state index contributed by atoms with van der Waals surface area (Å²) < 4.78 is 4.91. The van der Waals surface area contributed by atoms with E-state index in [4.69, 9.17) is 16.3 Å². The molecule has 0 aliphatic carbocycles. The lowest BCUT2D eigenvalue weighted by Gasteiger charge is -2.10. The van der Waals surface area contributed by atoms with E-state index in [-0.39, 0.29) is 11.7 Å². The number of carbonyl (C=O) groups excluding carboxylic acids is 2. The summed E-state index contributed by atoms with van der Waals surface area (Å²) in [5.41, 5.74) is 1.44. The van der Waals surface area contributed by atoms with E-state index >= 15 is 0 Å². The van der Waals surface area contributed by atoms with Crippen LogP contribution in [-0.4, -0.2) is 24.1 Å². The number of ether oxygens (including phenoxy) is 1. The van der Waals surface area contributed by atoms with Gasteiger partial charge in [0.2, 0.25) is 5.12 Å². The van der Waals surface area contributed by atoms with Gasteiger partial charge in [0.1, 0.15) is 6.61 Å². The minimum absolute atomic E-state index is 0.130. The van der Waals surface area contributed by atoms with Gasteiger partial charge in [0, 0.05) is 5.02 Å². The number of hydrogen-bond donors (Lipinski definition) is 1. The lowest BCUT2D eigenvalue weighted by atomic mass is 10.2. The first-order chi connectivity index (χ1) is 8.93. The maximum Gasteiger partial charge on any atom is 0.411 e. The minimum Gasteiger partial charge on any atom is -0.445 e. The van der Waals surface area contributed by atoms with Gasteiger partial charge in [0.15, 0.2) is 0 Å². The normalized spacial score (nSPS) is 9.84. The number of halogens is 1. The van der Waals surface area contributed by atoms with Crippen LogP contribution in [0.25, 0.3) is 0 Å². The third-order valence-electron chi connectivity index (χ3n) is 2.07. The number of thioether (sulfide) groups is 1. The number of carbonyl (C=O) groups is 2. The van der Waals surface area contributed by atoms with Crippen LogP contribution in [0.15, 0.2) is 30.4 Å². The fourth-order valence-electron chi connectivity index (χ4n) is 1.24. The molecule has 0 aliphatic rings. The van der Waals surface area contributed by atoms with Crippen LogP contribution in [0.1, 0.15) is 17.3 Å². The smallest absolute Gasteiger partial charge is 0.411 e. The van der Waals surface area contributed by atoms with Crippen molar-refractivity contribution in [3.05, 3.63) is 40.9 Å². The highest BCUT2D eigenvalue weighted by Crippen LogP contribution is 2.24. The van der Waals surface area contributed by atoms with Crippen LogP contribution in [0.2, 0.25) is 5.02 Å². The molecule has 0 spiro atoms. The third kappa shape index (κ3) is 4.96. The van der Waals surface area contributed by atoms with Crippen LogP contribution >= 0.6 is 23.4 Å². The van der Waals surface area contributed by atoms with E-state index in [9.17, 15) is 9.59 Å². The van der Waals surface area contributed by atoms with Gasteiger partial charge in [-0.2, -0.15) is 0 Å². The summed E-state index contributed by atoms with van der Waals surface area (Å²) >= 11 is 6.88. The molecule has 0 aliphatic heterocycles. The Kier molecular flexibility index (Phi) is 5.92. The molecule has 0 heterocycles. The van der Waals surface area contributed by atoms with Gasteiger partial charge in [-0.25, -0.2) is 4.79 Å². The van der Waals surface area contributed by atoms with E-state index in [1.54, 1.807) is 25.3 Å². The van der Waals surface area contributed by atoms with E-state index in [1.807, 2.05) is 0 Å². The van der Waals surface area contributed by atoms with E-state index in [0.717, 1.165) is 17.3 Å². The van der Waals surface area contributed by atoms with Gasteiger partial charge in [0.25, 0.3) is 0 Å². The lowest BCUT2D eigenvalue weighted by Crippen LogP contribution is -2.16. The molecule has 0 saturated carbocycles. The summed E-state index contributed by atoms with van der Waals surface area (Å²) in [6, 6.07) is 4.66. The number of anilines is 1. The maximum atomic E-state index is 11.7. The molecule has 1 N–H and O–H groups in total. The topological polar surface area (TPSA) is 55.4 Å². The Morgan fingerprint density at radius 3 is 2.74 bits per heavy atom. The van der Waals surface area contributed by atoms with E-state index in [0.29, 0.717) is 16.3 Å². The van der Waals surface area contributed by atoms with Crippen molar-refractivity contribution in [2.45, 2.75) is 6.92 Å². The van der Waals surface area contributed by atoms with Gasteiger partial charge >= 0.3 is 6.09 Å². The van der Waals surface area contributed by atoms with Gasteiger partial charge in [0.05, 0.1) is 11.3 Å². The van der Waals surface area contributed by atoms with Crippen LogP contribution in [0.3, 0.4) is 0 Å². The van der Waals surface area contributed by atoms with Crippen molar-refractivity contribution in [1.29, 1.82) is 0 Å². The van der Waals surface area contributed by atoms with Crippen molar-refractivity contribution < 1.29 is 14.3 Å². The number of benzene rings is 1. The minimum atomic E-state index is -0.638. The molecule has 1 rings (SSSR count). The van der Waals surface area contributed by atoms with Gasteiger partial charge in [-0.15, -0.1) is 0 Å². The van der Waals surface area contributed by atoms with Crippen LogP contribution in [0, 0.1) is 0 Å². The monoisotopic (exact) mass is 299 g/mol. The summed E-state index contributed by atoms with van der Waals surface area (Å²) in [6.07, 6.45) is 1.02. The summed E-state index contributed by atoms with van der Waals surface area (Å²) in [5.74, 6) is 0. The Labute approximate surface area is 121 Å². The van der Waals surface area contributed by atoms with E-state index in [1.165, 1.54) is 6.07 Å². The van der Waals surface area contributed by atoms with Gasteiger partial charge in [-0.3, -0.25) is 10.1 Å². The highest BCUT2D eigenvalue weighted by atomic mass is 35.5. The molecule has 0 fully saturated rings. The maximum absolute atomic E-state index is 11.7. The molecule has 1 aromatic carbocycles. The molecule has 0 bridgehead atoms. The lowest BCUT2D eigenvalue weighted by molar-refractivity contribution is 0.109. The molecular formula is C13H14ClNO3S. The Bertz CT molecular complexity index is 517. The molecule has 6 heteroatoms. The number of hydrogen-bond acceptors (Lipinski definition) is 4. The predicted octanol–water partition coefficient (Wildman–Crippen LogP) is 3.97. The zero-order valence-corrected chi connectivity index (χ0v) is 12.2. The molecule has 0 saturated heterocycles. The quantitative estimate of drug-likeness (QED) is 0.855. The molecule has 0 aromatic heterocycles. The van der Waals surface area contributed by atoms with Gasteiger partial charge in [-0.05, 0) is 37.0 Å². The molecule has 0 unspecified atom stereocenters. The summed E-state index contributed by atoms with van der Waals surface area (Å²) in [6.45, 7) is 5.50. The summed E-state index contributed by atoms with van der Waals surface area (Å²) in [7, 11) is 0. The zero-order valence-electron chi connectivity index (χ0n) is 10.7. The van der Waals surface area contributed by atoms with E-state index < -0.39 is 6.09 Å². The van der Waals surface area contributed by atoms with E-state index in [2.05, 4.69) is 11.9 Å². The van der Waals surface area contributed by atoms with Gasteiger partial charge in [-0.1, -0.05) is 29.9 Å². The molecule has 4 nitrogen and oxygen atoms in total. The van der Waals surface area contributed by atoms with Crippen molar-refractivity contribution in [3.8, 4) is 0 Å². The second-order valence-corrected chi connectivity index (χ2v) is 5.06. The van der Waals surface area contributed by atoms with Crippen molar-refractivity contribution >= 4 is 40.3 Å². The highest BCUT2D eigenvalue weighted by Gasteiger charge is 2.14. The number of amides is 1. The molecular weight excluding hydrogens is 286 g/mol. The molecule has 1 aromatic rings. The van der Waals surface area contributed by atoms with Crippen molar-refractivity contribution in [2.75, 3.05) is 18.2 Å². The summed E-state index contributed by atoms with van der Waals surface area (Å²) in [4.78, 5) is 23.3. The zero-order chi connectivity index (χ0) is 14.4. The Hall–Kier alpha value is -1.46. The Morgan fingerprint density at radius 1 is 1.47 bits per heavy atom. The van der Waals surface area contributed by atoms with Crippen molar-refractivity contribution in [3.63, 3.8) is 0 Å². The predicted molar refractivity (Wildman–Crippen MR) is 79.1 cm³/mol. The van der Waals surface area contributed by atoms with Gasteiger partial charge < -0.3 is 4.74 Å². The molecule has 102 valence electrons. The first kappa shape index (κ1) is 15.6. The van der Waals surface area contributed by atoms with Crippen molar-refractivity contribution in [2.24, 2.45) is 0 Å². The molecule has 1 amide bonds. The average Bonchev–Trinajstić information content (AvgIpc) is 2.37. The van der Waals surface area contributed by atoms with Crippen LogP contribution in [-0.2, 0) is 4.74 Å². The summed E-state index contributed by atoms with van der Waals surface area (Å²) in [5, 5.41) is 2.76. The second-order valence-electron chi connectivity index (χ2n) is 3.84. The SMILES string of the molecule is C=C(C)COC(=O)Nc1ccc(Cl)cc1C(=O)SC. The standard InChI is InChI=1S/C13H14ClNO3S/c1-8(2)7-18-13(17)15-11-5-4-9(14)6-10(11)12(16)19-3/h4-6H,1,7H2,2-3H3,(H,15,17). The Balaban J connectivity index is 2.85. The first-order valence-electron chi connectivity index (χ1n) is 5.40. The molecule has 19 heavy (non-hydrogen) atoms. The average molecular weight is 300 g/mol. The molecule has 0 atom stereocenters. The fraction of sp³-hybridized carbons (Fsp3) is 0.231. The number of nitrogens with one attached hydrogen (secondary N) is 1. The second kappa shape index (κ2) is 7.21.